The van der Waals surface area contributed by atoms with Crippen molar-refractivity contribution in [1.82, 2.24) is 14.9 Å². The summed E-state index contributed by atoms with van der Waals surface area (Å²) in [6, 6.07) is 0.420. The molecule has 0 radical (unpaired) electrons. The topological polar surface area (TPSA) is 29.9 Å². The van der Waals surface area contributed by atoms with Crippen LogP contribution in [0, 0.1) is 0 Å². The molecule has 0 spiro atoms. The number of fused-ring (bicyclic) bond motifs is 1. The molecule has 54 valence electrons. The Morgan fingerprint density at radius 3 is 3.50 bits per heavy atom. The van der Waals surface area contributed by atoms with Crippen LogP contribution in [0.25, 0.3) is 0 Å². The van der Waals surface area contributed by atoms with Crippen LogP contribution in [0.15, 0.2) is 12.4 Å². The van der Waals surface area contributed by atoms with Crippen LogP contribution in [0.2, 0.25) is 0 Å². The molecule has 1 aliphatic heterocycles. The molecule has 0 aliphatic carbocycles. The van der Waals surface area contributed by atoms with E-state index in [0.29, 0.717) is 6.04 Å². The first-order valence-corrected chi connectivity index (χ1v) is 3.62. The summed E-state index contributed by atoms with van der Waals surface area (Å²) in [5.74, 6) is 1.16. The van der Waals surface area contributed by atoms with Crippen LogP contribution in [0.1, 0.15) is 18.8 Å². The van der Waals surface area contributed by atoms with Crippen molar-refractivity contribution in [2.75, 3.05) is 6.54 Å². The summed E-state index contributed by atoms with van der Waals surface area (Å²) < 4.78 is 2.20. The fourth-order valence-electron chi connectivity index (χ4n) is 1.38. The van der Waals surface area contributed by atoms with Crippen LogP contribution < -0.4 is 5.32 Å². The average Bonchev–Trinajstić information content (AvgIpc) is 2.36. The Bertz CT molecular complexity index is 229. The highest BCUT2D eigenvalue weighted by Crippen LogP contribution is 2.12. The van der Waals surface area contributed by atoms with Crippen molar-refractivity contribution in [1.29, 1.82) is 0 Å². The molecule has 0 fully saturated rings. The van der Waals surface area contributed by atoms with Gasteiger partial charge in [-0.25, -0.2) is 4.98 Å². The van der Waals surface area contributed by atoms with Gasteiger partial charge in [-0.05, 0) is 6.92 Å². The van der Waals surface area contributed by atoms with Gasteiger partial charge in [0.25, 0.3) is 0 Å². The largest absolute Gasteiger partial charge is 0.332 e. The van der Waals surface area contributed by atoms with E-state index < -0.39 is 0 Å². The molecular formula is C7H11N3. The zero-order valence-corrected chi connectivity index (χ0v) is 6.04. The number of imidazole rings is 1. The van der Waals surface area contributed by atoms with E-state index in [-0.39, 0.29) is 0 Å². The van der Waals surface area contributed by atoms with Gasteiger partial charge in [-0.3, -0.25) is 0 Å². The molecule has 10 heavy (non-hydrogen) atoms. The van der Waals surface area contributed by atoms with E-state index in [1.165, 1.54) is 0 Å². The minimum absolute atomic E-state index is 0.420. The van der Waals surface area contributed by atoms with Crippen LogP contribution in [-0.4, -0.2) is 16.1 Å². The fourth-order valence-corrected chi connectivity index (χ4v) is 1.38. The number of nitrogens with one attached hydrogen (secondary N) is 1. The van der Waals surface area contributed by atoms with Gasteiger partial charge in [0.1, 0.15) is 5.82 Å². The number of aromatic nitrogens is 2. The van der Waals surface area contributed by atoms with Crippen LogP contribution >= 0.6 is 0 Å². The van der Waals surface area contributed by atoms with E-state index in [1.807, 2.05) is 12.4 Å². The Labute approximate surface area is 60.1 Å². The molecule has 3 nitrogen and oxygen atoms in total. The van der Waals surface area contributed by atoms with Gasteiger partial charge in [-0.15, -0.1) is 0 Å². The van der Waals surface area contributed by atoms with Crippen molar-refractivity contribution in [3.05, 3.63) is 18.2 Å². The van der Waals surface area contributed by atoms with E-state index in [4.69, 9.17) is 0 Å². The maximum absolute atomic E-state index is 4.24. The molecule has 0 bridgehead atoms. The minimum Gasteiger partial charge on any atom is -0.332 e. The summed E-state index contributed by atoms with van der Waals surface area (Å²) >= 11 is 0. The molecule has 2 rings (SSSR count). The summed E-state index contributed by atoms with van der Waals surface area (Å²) in [7, 11) is 0. The minimum atomic E-state index is 0.420. The number of hydrogen-bond acceptors (Lipinski definition) is 2. The molecule has 3 heteroatoms. The number of rotatable bonds is 0. The highest BCUT2D eigenvalue weighted by atomic mass is 15.2. The molecule has 0 amide bonds. The van der Waals surface area contributed by atoms with Crippen LogP contribution in [0.5, 0.6) is 0 Å². The zero-order chi connectivity index (χ0) is 6.97. The SMILES string of the molecule is C[C@@H]1NCCn2ccnc21. The van der Waals surface area contributed by atoms with Crippen molar-refractivity contribution < 1.29 is 0 Å². The highest BCUT2D eigenvalue weighted by molar-refractivity contribution is 5.00. The molecule has 0 aromatic carbocycles. The van der Waals surface area contributed by atoms with Gasteiger partial charge in [0.05, 0.1) is 6.04 Å². The molecule has 1 atom stereocenters. The van der Waals surface area contributed by atoms with Crippen molar-refractivity contribution in [3.63, 3.8) is 0 Å². The van der Waals surface area contributed by atoms with Crippen molar-refractivity contribution >= 4 is 0 Å². The Balaban J connectivity index is 2.41. The maximum Gasteiger partial charge on any atom is 0.125 e. The second kappa shape index (κ2) is 2.09. The van der Waals surface area contributed by atoms with Gasteiger partial charge in [0.2, 0.25) is 0 Å². The highest BCUT2D eigenvalue weighted by Gasteiger charge is 2.14. The molecule has 0 unspecified atom stereocenters. The molecule has 2 heterocycles. The summed E-state index contributed by atoms with van der Waals surface area (Å²) in [6.45, 7) is 4.25. The second-order valence-electron chi connectivity index (χ2n) is 2.65. The van der Waals surface area contributed by atoms with E-state index >= 15 is 0 Å². The Morgan fingerprint density at radius 1 is 1.80 bits per heavy atom. The predicted octanol–water partition coefficient (Wildman–Crippen LogP) is 0.547. The zero-order valence-electron chi connectivity index (χ0n) is 6.04. The molecular weight excluding hydrogens is 126 g/mol. The maximum atomic E-state index is 4.24. The second-order valence-corrected chi connectivity index (χ2v) is 2.65. The third-order valence-electron chi connectivity index (χ3n) is 1.94. The third kappa shape index (κ3) is 0.743. The normalized spacial score (nSPS) is 24.3. The molecule has 1 aromatic rings. The van der Waals surface area contributed by atoms with Gasteiger partial charge >= 0.3 is 0 Å². The van der Waals surface area contributed by atoms with Crippen LogP contribution in [0.4, 0.5) is 0 Å². The first-order chi connectivity index (χ1) is 4.88. The van der Waals surface area contributed by atoms with E-state index in [2.05, 4.69) is 21.8 Å². The average molecular weight is 137 g/mol. The number of nitrogens with zero attached hydrogens (tertiary/aromatic N) is 2. The Hall–Kier alpha value is -0.830. The third-order valence-corrected chi connectivity index (χ3v) is 1.94. The summed E-state index contributed by atoms with van der Waals surface area (Å²) in [5, 5.41) is 3.34. The van der Waals surface area contributed by atoms with Gasteiger partial charge in [-0.2, -0.15) is 0 Å². The Morgan fingerprint density at radius 2 is 2.70 bits per heavy atom. The monoisotopic (exact) mass is 137 g/mol. The molecule has 1 N–H and O–H groups in total. The smallest absolute Gasteiger partial charge is 0.125 e. The summed E-state index contributed by atoms with van der Waals surface area (Å²) in [6.07, 6.45) is 3.89. The fraction of sp³-hybridized carbons (Fsp3) is 0.571. The van der Waals surface area contributed by atoms with Gasteiger partial charge < -0.3 is 9.88 Å². The Kier molecular flexibility index (Phi) is 1.24. The molecule has 1 aliphatic rings. The van der Waals surface area contributed by atoms with Crippen molar-refractivity contribution in [2.24, 2.45) is 0 Å². The standard InChI is InChI=1S/C7H11N3/c1-6-7-9-3-5-10(7)4-2-8-6/h3,5-6,8H,2,4H2,1H3/t6-/m0/s1. The molecule has 1 aromatic heterocycles. The van der Waals surface area contributed by atoms with Gasteiger partial charge in [0.15, 0.2) is 0 Å². The van der Waals surface area contributed by atoms with E-state index in [9.17, 15) is 0 Å². The molecule has 0 saturated carbocycles. The lowest BCUT2D eigenvalue weighted by atomic mass is 10.2. The van der Waals surface area contributed by atoms with Gasteiger partial charge in [-0.1, -0.05) is 0 Å². The van der Waals surface area contributed by atoms with Crippen molar-refractivity contribution in [2.45, 2.75) is 19.5 Å². The molecule has 0 saturated heterocycles. The summed E-state index contributed by atoms with van der Waals surface area (Å²) in [4.78, 5) is 4.24. The summed E-state index contributed by atoms with van der Waals surface area (Å²) in [5.41, 5.74) is 0. The quantitative estimate of drug-likeness (QED) is 0.566. The lowest BCUT2D eigenvalue weighted by Crippen LogP contribution is -2.31. The predicted molar refractivity (Wildman–Crippen MR) is 38.6 cm³/mol. The van der Waals surface area contributed by atoms with Crippen molar-refractivity contribution in [3.8, 4) is 0 Å². The van der Waals surface area contributed by atoms with Crippen LogP contribution in [-0.2, 0) is 6.54 Å². The lowest BCUT2D eigenvalue weighted by molar-refractivity contribution is 0.437. The number of hydrogen-bond donors (Lipinski definition) is 1. The van der Waals surface area contributed by atoms with Crippen LogP contribution in [0.3, 0.4) is 0 Å². The first-order valence-electron chi connectivity index (χ1n) is 3.62. The first kappa shape index (κ1) is 5.92. The lowest BCUT2D eigenvalue weighted by Gasteiger charge is -2.21. The van der Waals surface area contributed by atoms with E-state index in [0.717, 1.165) is 18.9 Å². The van der Waals surface area contributed by atoms with Gasteiger partial charge in [0, 0.05) is 25.5 Å². The van der Waals surface area contributed by atoms with E-state index in [1.54, 1.807) is 0 Å².